The first-order valence-electron chi connectivity index (χ1n) is 25.5. The van der Waals surface area contributed by atoms with E-state index in [2.05, 4.69) is 45.7 Å². The Bertz CT molecular complexity index is 3450. The van der Waals surface area contributed by atoms with Gasteiger partial charge in [0.2, 0.25) is 23.7 Å². The maximum absolute atomic E-state index is 13.7. The minimum atomic E-state index is -4.71. The third-order valence-corrected chi connectivity index (χ3v) is 12.6. The van der Waals surface area contributed by atoms with Crippen molar-refractivity contribution in [2.75, 3.05) is 95.2 Å². The number of nitrogen functional groups attached to an aromatic ring is 1. The van der Waals surface area contributed by atoms with E-state index in [1.807, 2.05) is 61.5 Å². The first-order chi connectivity index (χ1) is 38.9. The van der Waals surface area contributed by atoms with Crippen LogP contribution in [0, 0.1) is 6.92 Å². The molecule has 432 valence electrons. The lowest BCUT2D eigenvalue weighted by atomic mass is 10.1. The van der Waals surface area contributed by atoms with Gasteiger partial charge in [0, 0.05) is 116 Å². The minimum Gasteiger partial charge on any atom is -0.478 e. The standard InChI is InChI=1S/C28H27F3N6O3.C23H16F3N3O3.C6H14N2O.CH4/c29-28(30,31)19-15-18(26(38)33-9-10-37-11-13-39-14-12-37)16-20(17-19)35-27-34-8-7-25(36-27)40-24-6-5-23(32)21-3-1-2-4-22(21)24;1-13-6-7-19(18-5-3-2-4-17(13)18)32-20-8-9-27-22(29-20)28-16-11-14(21(30)31)10-15(12-16)23(24,25)26;7-1-2-8-3-5-9-6-4-8;/h1-8,15-17H,9-14,32H2,(H,33,38)(H,34,35,36);2-12H,1H3,(H,30,31)(H,27,28,29);1-7H2;1H4. The molecule has 8 N–H and O–H groups in total. The second-order valence-electron chi connectivity index (χ2n) is 18.4. The molecule has 8 aromatic rings. The number of carboxylic acid groups (broad SMARTS) is 1. The van der Waals surface area contributed by atoms with Crippen LogP contribution in [-0.4, -0.2) is 126 Å². The molecule has 2 fully saturated rings. The Morgan fingerprint density at radius 3 is 1.60 bits per heavy atom. The van der Waals surface area contributed by atoms with Crippen molar-refractivity contribution in [2.24, 2.45) is 5.73 Å². The van der Waals surface area contributed by atoms with Crippen LogP contribution in [0.3, 0.4) is 0 Å². The van der Waals surface area contributed by atoms with Crippen molar-refractivity contribution in [3.05, 3.63) is 162 Å². The van der Waals surface area contributed by atoms with E-state index < -0.39 is 40.9 Å². The van der Waals surface area contributed by atoms with E-state index in [4.69, 9.17) is 35.5 Å². The second kappa shape index (κ2) is 28.1. The summed E-state index contributed by atoms with van der Waals surface area (Å²) in [6.07, 6.45) is -6.58. The van der Waals surface area contributed by atoms with Gasteiger partial charge >= 0.3 is 18.3 Å². The molecule has 0 aliphatic carbocycles. The highest BCUT2D eigenvalue weighted by molar-refractivity contribution is 5.97. The van der Waals surface area contributed by atoms with E-state index in [0.717, 1.165) is 104 Å². The molecule has 24 heteroatoms. The van der Waals surface area contributed by atoms with Crippen LogP contribution in [0.4, 0.5) is 55.3 Å². The van der Waals surface area contributed by atoms with Crippen LogP contribution >= 0.6 is 0 Å². The number of fused-ring (bicyclic) bond motifs is 2. The lowest BCUT2D eigenvalue weighted by Crippen LogP contribution is -2.41. The summed E-state index contributed by atoms with van der Waals surface area (Å²) >= 11 is 0. The number of ether oxygens (including phenoxy) is 4. The SMILES string of the molecule is C.Cc1ccc(Oc2ccnc(Nc3cc(C(=O)O)cc(C(F)(F)F)c3)n2)c2ccccc12.NCCN1CCOCC1.Nc1ccc(Oc2ccnc(Nc3cc(C(=O)NCCN4CCOCC4)cc(C(F)(F)F)c3)n2)c2ccccc12. The zero-order valence-electron chi connectivity index (χ0n) is 43.7. The normalized spacial score (nSPS) is 13.8. The van der Waals surface area contributed by atoms with Gasteiger partial charge < -0.3 is 51.5 Å². The van der Waals surface area contributed by atoms with Crippen molar-refractivity contribution in [1.29, 1.82) is 0 Å². The van der Waals surface area contributed by atoms with Gasteiger partial charge in [-0.2, -0.15) is 36.3 Å². The van der Waals surface area contributed by atoms with Crippen LogP contribution in [-0.2, 0) is 21.8 Å². The van der Waals surface area contributed by atoms with Crippen molar-refractivity contribution in [1.82, 2.24) is 35.1 Å². The highest BCUT2D eigenvalue weighted by Crippen LogP contribution is 2.37. The van der Waals surface area contributed by atoms with Crippen molar-refractivity contribution in [3.8, 4) is 23.3 Å². The van der Waals surface area contributed by atoms with Crippen LogP contribution in [0.15, 0.2) is 134 Å². The number of carboxylic acids is 1. The molecule has 0 atom stereocenters. The smallest absolute Gasteiger partial charge is 0.416 e. The number of nitrogens with zero attached hydrogens (tertiary/aromatic N) is 6. The molecular weight excluding hydrogens is 1080 g/mol. The van der Waals surface area contributed by atoms with E-state index in [0.29, 0.717) is 49.6 Å². The molecule has 2 aromatic heterocycles. The number of morpholine rings is 2. The van der Waals surface area contributed by atoms with Crippen LogP contribution in [0.2, 0.25) is 0 Å². The number of alkyl halides is 6. The van der Waals surface area contributed by atoms with E-state index in [9.17, 15) is 35.9 Å². The quantitative estimate of drug-likeness (QED) is 0.0413. The Balaban J connectivity index is 0.000000206. The molecule has 2 aliphatic heterocycles. The summed E-state index contributed by atoms with van der Waals surface area (Å²) in [6, 6.07) is 30.8. The Kier molecular flexibility index (Phi) is 20.9. The number of halogens is 6. The molecule has 0 radical (unpaired) electrons. The number of hydrogen-bond donors (Lipinski definition) is 6. The largest absolute Gasteiger partial charge is 0.478 e. The van der Waals surface area contributed by atoms with Crippen molar-refractivity contribution in [2.45, 2.75) is 26.7 Å². The number of amides is 1. The summed E-state index contributed by atoms with van der Waals surface area (Å²) in [7, 11) is 0. The third kappa shape index (κ3) is 16.9. The van der Waals surface area contributed by atoms with E-state index >= 15 is 0 Å². The maximum atomic E-state index is 13.7. The highest BCUT2D eigenvalue weighted by Gasteiger charge is 2.33. The average Bonchev–Trinajstić information content (AvgIpc) is 3.63. The summed E-state index contributed by atoms with van der Waals surface area (Å²) in [4.78, 5) is 45.0. The van der Waals surface area contributed by atoms with E-state index in [-0.39, 0.29) is 48.0 Å². The molecule has 1 amide bonds. The second-order valence-corrected chi connectivity index (χ2v) is 18.4. The van der Waals surface area contributed by atoms with Crippen molar-refractivity contribution >= 4 is 62.4 Å². The van der Waals surface area contributed by atoms with Gasteiger partial charge in [-0.05, 0) is 72.5 Å². The number of carbonyl (C=O) groups excluding carboxylic acids is 1. The van der Waals surface area contributed by atoms with E-state index in [1.54, 1.807) is 18.2 Å². The van der Waals surface area contributed by atoms with Crippen LogP contribution in [0.25, 0.3) is 21.5 Å². The van der Waals surface area contributed by atoms with Gasteiger partial charge in [0.1, 0.15) is 11.5 Å². The molecule has 2 saturated heterocycles. The van der Waals surface area contributed by atoms with Crippen molar-refractivity contribution < 1.29 is 60.0 Å². The highest BCUT2D eigenvalue weighted by atomic mass is 19.4. The summed E-state index contributed by atoms with van der Waals surface area (Å²) in [5.74, 6) is -0.751. The number of rotatable bonds is 15. The Labute approximate surface area is 468 Å². The molecule has 0 bridgehead atoms. The predicted molar refractivity (Wildman–Crippen MR) is 300 cm³/mol. The zero-order chi connectivity index (χ0) is 57.5. The number of aryl methyl sites for hydroxylation is 1. The Hall–Kier alpha value is -8.68. The van der Waals surface area contributed by atoms with Gasteiger partial charge in [-0.1, -0.05) is 62.0 Å². The molecule has 2 aliphatic rings. The van der Waals surface area contributed by atoms with E-state index in [1.165, 1.54) is 30.6 Å². The van der Waals surface area contributed by atoms with Crippen molar-refractivity contribution in [3.63, 3.8) is 0 Å². The fourth-order valence-corrected chi connectivity index (χ4v) is 8.54. The topological polar surface area (TPSA) is 237 Å². The van der Waals surface area contributed by atoms with Crippen LogP contribution in [0.5, 0.6) is 23.3 Å². The van der Waals surface area contributed by atoms with Gasteiger partial charge in [-0.3, -0.25) is 14.6 Å². The molecule has 10 rings (SSSR count). The minimum absolute atomic E-state index is 0. The van der Waals surface area contributed by atoms with Gasteiger partial charge in [-0.25, -0.2) is 14.8 Å². The lowest BCUT2D eigenvalue weighted by molar-refractivity contribution is -0.138. The summed E-state index contributed by atoms with van der Waals surface area (Å²) in [6.45, 7) is 11.2. The maximum Gasteiger partial charge on any atom is 0.416 e. The Morgan fingerprint density at radius 1 is 0.622 bits per heavy atom. The third-order valence-electron chi connectivity index (χ3n) is 12.6. The average molecular weight is 1140 g/mol. The van der Waals surface area contributed by atoms with Gasteiger partial charge in [0.25, 0.3) is 5.91 Å². The van der Waals surface area contributed by atoms with Crippen LogP contribution in [0.1, 0.15) is 44.8 Å². The zero-order valence-corrected chi connectivity index (χ0v) is 43.7. The summed E-state index contributed by atoms with van der Waals surface area (Å²) < 4.78 is 103. The number of carbonyl (C=O) groups is 2. The number of aromatic nitrogens is 4. The summed E-state index contributed by atoms with van der Waals surface area (Å²) in [5.41, 5.74) is 10.3. The molecule has 6 aromatic carbocycles. The fourth-order valence-electron chi connectivity index (χ4n) is 8.54. The molecule has 82 heavy (non-hydrogen) atoms. The molecule has 0 saturated carbocycles. The molecule has 0 unspecified atom stereocenters. The first-order valence-corrected chi connectivity index (χ1v) is 25.5. The van der Waals surface area contributed by atoms with Gasteiger partial charge in [0.05, 0.1) is 43.1 Å². The number of anilines is 5. The monoisotopic (exact) mass is 1140 g/mol. The number of aromatic carboxylic acids is 1. The van der Waals surface area contributed by atoms with Gasteiger partial charge in [0.15, 0.2) is 0 Å². The first kappa shape index (κ1) is 61.0. The number of nitrogens with one attached hydrogen (secondary N) is 3. The Morgan fingerprint density at radius 2 is 1.09 bits per heavy atom. The molecular formula is C58H61F6N11O7. The molecule has 0 spiro atoms. The fraction of sp³-hybridized carbons (Fsp3) is 0.276. The number of nitrogens with two attached hydrogens (primary N) is 2. The summed E-state index contributed by atoms with van der Waals surface area (Å²) in [5, 5.41) is 20.7. The number of hydrogen-bond acceptors (Lipinski definition) is 16. The number of benzene rings is 6. The van der Waals surface area contributed by atoms with Crippen LogP contribution < -0.4 is 36.9 Å². The predicted octanol–water partition coefficient (Wildman–Crippen LogP) is 10.9. The molecule has 18 nitrogen and oxygen atoms in total. The lowest BCUT2D eigenvalue weighted by Gasteiger charge is -2.26. The van der Waals surface area contributed by atoms with Gasteiger partial charge in [-0.15, -0.1) is 0 Å². The molecule has 4 heterocycles.